The van der Waals surface area contributed by atoms with Gasteiger partial charge in [0.15, 0.2) is 0 Å². The maximum atomic E-state index is 12.8. The van der Waals surface area contributed by atoms with Crippen molar-refractivity contribution in [2.75, 3.05) is 12.4 Å². The molecule has 0 aromatic heterocycles. The minimum absolute atomic E-state index is 0.127. The van der Waals surface area contributed by atoms with Gasteiger partial charge < -0.3 is 20.1 Å². The molecule has 0 fully saturated rings. The second kappa shape index (κ2) is 10.7. The summed E-state index contributed by atoms with van der Waals surface area (Å²) in [5.74, 6) is 0.396. The number of hydrogen-bond donors (Lipinski definition) is 2. The fourth-order valence-corrected chi connectivity index (χ4v) is 2.86. The van der Waals surface area contributed by atoms with E-state index in [1.54, 1.807) is 19.2 Å². The predicted octanol–water partition coefficient (Wildman–Crippen LogP) is 4.17. The van der Waals surface area contributed by atoms with E-state index in [1.165, 1.54) is 0 Å². The van der Waals surface area contributed by atoms with Gasteiger partial charge in [-0.3, -0.25) is 4.79 Å². The highest BCUT2D eigenvalue weighted by molar-refractivity contribution is 5.96. The normalized spacial score (nSPS) is 11.2. The zero-order chi connectivity index (χ0) is 21.2. The van der Waals surface area contributed by atoms with Crippen LogP contribution in [0.15, 0.2) is 84.9 Å². The van der Waals surface area contributed by atoms with Crippen molar-refractivity contribution in [3.05, 3.63) is 96.1 Å². The number of rotatable bonds is 8. The van der Waals surface area contributed by atoms with Crippen LogP contribution in [0, 0.1) is 0 Å². The first-order chi connectivity index (χ1) is 14.6. The number of methoxy groups -OCH3 is 1. The van der Waals surface area contributed by atoms with Crippen LogP contribution >= 0.6 is 0 Å². The maximum absolute atomic E-state index is 12.8. The van der Waals surface area contributed by atoms with E-state index in [4.69, 9.17) is 9.47 Å². The lowest BCUT2D eigenvalue weighted by Crippen LogP contribution is -2.45. The number of amides is 2. The van der Waals surface area contributed by atoms with E-state index in [9.17, 15) is 9.59 Å². The summed E-state index contributed by atoms with van der Waals surface area (Å²) in [4.78, 5) is 25.2. The molecule has 3 rings (SSSR count). The molecular weight excluding hydrogens is 380 g/mol. The molecule has 1 atom stereocenters. The molecule has 0 bridgehead atoms. The van der Waals surface area contributed by atoms with Crippen molar-refractivity contribution >= 4 is 17.7 Å². The molecule has 6 nitrogen and oxygen atoms in total. The van der Waals surface area contributed by atoms with Crippen LogP contribution in [0.2, 0.25) is 0 Å². The molecule has 154 valence electrons. The Morgan fingerprint density at radius 2 is 1.47 bits per heavy atom. The predicted molar refractivity (Wildman–Crippen MR) is 115 cm³/mol. The van der Waals surface area contributed by atoms with Gasteiger partial charge in [0.25, 0.3) is 0 Å². The van der Waals surface area contributed by atoms with Crippen LogP contribution in [0.1, 0.15) is 11.1 Å². The second-order valence-electron chi connectivity index (χ2n) is 6.67. The average molecular weight is 404 g/mol. The van der Waals surface area contributed by atoms with Gasteiger partial charge in [-0.05, 0) is 35.4 Å². The van der Waals surface area contributed by atoms with Crippen LogP contribution in [-0.2, 0) is 22.6 Å². The zero-order valence-electron chi connectivity index (χ0n) is 16.7. The average Bonchev–Trinajstić information content (AvgIpc) is 2.79. The number of nitrogens with one attached hydrogen (secondary N) is 2. The first-order valence-corrected chi connectivity index (χ1v) is 9.60. The number of hydrogen-bond acceptors (Lipinski definition) is 4. The largest absolute Gasteiger partial charge is 0.497 e. The molecule has 0 aliphatic rings. The summed E-state index contributed by atoms with van der Waals surface area (Å²) < 4.78 is 10.5. The molecule has 6 heteroatoms. The summed E-state index contributed by atoms with van der Waals surface area (Å²) in [7, 11) is 1.59. The van der Waals surface area contributed by atoms with Crippen molar-refractivity contribution < 1.29 is 19.1 Å². The van der Waals surface area contributed by atoms with Gasteiger partial charge >= 0.3 is 6.09 Å². The van der Waals surface area contributed by atoms with Crippen molar-refractivity contribution in [2.45, 2.75) is 19.1 Å². The third-order valence-corrected chi connectivity index (χ3v) is 4.46. The Hall–Kier alpha value is -3.80. The smallest absolute Gasteiger partial charge is 0.408 e. The van der Waals surface area contributed by atoms with Crippen LogP contribution < -0.4 is 15.4 Å². The van der Waals surface area contributed by atoms with E-state index in [2.05, 4.69) is 10.6 Å². The van der Waals surface area contributed by atoms with E-state index < -0.39 is 12.1 Å². The summed E-state index contributed by atoms with van der Waals surface area (Å²) in [5.41, 5.74) is 2.40. The van der Waals surface area contributed by atoms with Gasteiger partial charge in [-0.1, -0.05) is 60.7 Å². The molecule has 0 unspecified atom stereocenters. The molecule has 0 aliphatic carbocycles. The molecule has 2 amide bonds. The van der Waals surface area contributed by atoms with E-state index in [1.807, 2.05) is 72.8 Å². The standard InChI is InChI=1S/C24H24N2O4/c1-29-21-14-12-18(13-15-21)16-22(23(27)25-20-10-6-3-7-11-20)26-24(28)30-17-19-8-4-2-5-9-19/h2-15,22H,16-17H2,1H3,(H,25,27)(H,26,28)/t22-/m0/s1. The van der Waals surface area contributed by atoms with Crippen molar-refractivity contribution in [1.29, 1.82) is 0 Å². The molecule has 3 aromatic rings. The molecule has 3 aromatic carbocycles. The Labute approximate surface area is 175 Å². The fourth-order valence-electron chi connectivity index (χ4n) is 2.86. The first kappa shape index (κ1) is 20.9. The van der Waals surface area contributed by atoms with E-state index >= 15 is 0 Å². The molecule has 0 aliphatic heterocycles. The van der Waals surface area contributed by atoms with Gasteiger partial charge in [0, 0.05) is 12.1 Å². The van der Waals surface area contributed by atoms with Gasteiger partial charge in [0.05, 0.1) is 7.11 Å². The van der Waals surface area contributed by atoms with Crippen LogP contribution in [-0.4, -0.2) is 25.2 Å². The van der Waals surface area contributed by atoms with Crippen molar-refractivity contribution in [3.63, 3.8) is 0 Å². The third kappa shape index (κ3) is 6.38. The topological polar surface area (TPSA) is 76.7 Å². The lowest BCUT2D eigenvalue weighted by atomic mass is 10.0. The minimum atomic E-state index is -0.804. The fraction of sp³-hybridized carbons (Fsp3) is 0.167. The van der Waals surface area contributed by atoms with Crippen LogP contribution in [0.25, 0.3) is 0 Å². The van der Waals surface area contributed by atoms with Gasteiger partial charge in [0.2, 0.25) is 5.91 Å². The number of anilines is 1. The first-order valence-electron chi connectivity index (χ1n) is 9.60. The molecule has 0 heterocycles. The molecule has 0 saturated carbocycles. The van der Waals surface area contributed by atoms with Gasteiger partial charge in [0.1, 0.15) is 18.4 Å². The van der Waals surface area contributed by atoms with Gasteiger partial charge in [-0.2, -0.15) is 0 Å². The minimum Gasteiger partial charge on any atom is -0.497 e. The lowest BCUT2D eigenvalue weighted by Gasteiger charge is -2.19. The molecule has 30 heavy (non-hydrogen) atoms. The van der Waals surface area contributed by atoms with E-state index in [0.29, 0.717) is 12.1 Å². The van der Waals surface area contributed by atoms with Crippen LogP contribution in [0.5, 0.6) is 5.75 Å². The quantitative estimate of drug-likeness (QED) is 0.591. The van der Waals surface area contributed by atoms with E-state index in [0.717, 1.165) is 16.9 Å². The Morgan fingerprint density at radius 1 is 0.833 bits per heavy atom. The summed E-state index contributed by atoms with van der Waals surface area (Å²) in [6, 6.07) is 25.0. The third-order valence-electron chi connectivity index (χ3n) is 4.46. The number of carbonyl (C=O) groups is 2. The van der Waals surface area contributed by atoms with Gasteiger partial charge in [-0.25, -0.2) is 4.79 Å². The van der Waals surface area contributed by atoms with E-state index in [-0.39, 0.29) is 12.5 Å². The lowest BCUT2D eigenvalue weighted by molar-refractivity contribution is -0.118. The maximum Gasteiger partial charge on any atom is 0.408 e. The Bertz CT molecular complexity index is 944. The zero-order valence-corrected chi connectivity index (χ0v) is 16.7. The number of para-hydroxylation sites is 1. The summed E-state index contributed by atoms with van der Waals surface area (Å²) >= 11 is 0. The van der Waals surface area contributed by atoms with Crippen molar-refractivity contribution in [1.82, 2.24) is 5.32 Å². The highest BCUT2D eigenvalue weighted by atomic mass is 16.5. The number of ether oxygens (including phenoxy) is 2. The molecular formula is C24H24N2O4. The molecule has 2 N–H and O–H groups in total. The molecule has 0 spiro atoms. The highest BCUT2D eigenvalue weighted by Gasteiger charge is 2.22. The number of alkyl carbamates (subject to hydrolysis) is 1. The Balaban J connectivity index is 1.67. The summed E-state index contributed by atoms with van der Waals surface area (Å²) in [5, 5.41) is 5.51. The Kier molecular flexibility index (Phi) is 7.44. The SMILES string of the molecule is COc1ccc(C[C@H](NC(=O)OCc2ccccc2)C(=O)Nc2ccccc2)cc1. The summed E-state index contributed by atoms with van der Waals surface area (Å²) in [6.07, 6.45) is -0.344. The highest BCUT2D eigenvalue weighted by Crippen LogP contribution is 2.14. The monoisotopic (exact) mass is 404 g/mol. The van der Waals surface area contributed by atoms with Crippen molar-refractivity contribution in [3.8, 4) is 5.75 Å². The van der Waals surface area contributed by atoms with Crippen molar-refractivity contribution in [2.24, 2.45) is 0 Å². The summed E-state index contributed by atoms with van der Waals surface area (Å²) in [6.45, 7) is 0.127. The number of benzene rings is 3. The second-order valence-corrected chi connectivity index (χ2v) is 6.67. The van der Waals surface area contributed by atoms with Crippen LogP contribution in [0.3, 0.4) is 0 Å². The molecule has 0 saturated heterocycles. The van der Waals surface area contributed by atoms with Crippen LogP contribution in [0.4, 0.5) is 10.5 Å². The Morgan fingerprint density at radius 3 is 2.10 bits per heavy atom. The number of carbonyl (C=O) groups excluding carboxylic acids is 2. The molecule has 0 radical (unpaired) electrons. The van der Waals surface area contributed by atoms with Gasteiger partial charge in [-0.15, -0.1) is 0 Å².